The van der Waals surface area contributed by atoms with Gasteiger partial charge in [0.15, 0.2) is 0 Å². The van der Waals surface area contributed by atoms with E-state index in [0.29, 0.717) is 12.5 Å². The molecule has 4 bridgehead atoms. The minimum atomic E-state index is 0.144. The highest BCUT2D eigenvalue weighted by molar-refractivity contribution is 5.79. The van der Waals surface area contributed by atoms with Gasteiger partial charge in [-0.05, 0) is 95.2 Å². The molecule has 1 N–H and O–H groups in total. The normalized spacial score (nSPS) is 34.3. The second-order valence-electron chi connectivity index (χ2n) is 10.1. The van der Waals surface area contributed by atoms with Gasteiger partial charge in [0.05, 0.1) is 6.61 Å². The summed E-state index contributed by atoms with van der Waals surface area (Å²) in [4.78, 5) is 19.9. The Bertz CT molecular complexity index is 706. The van der Waals surface area contributed by atoms with Crippen molar-refractivity contribution in [3.8, 4) is 5.88 Å². The molecule has 5 heteroatoms. The molecule has 0 aromatic carbocycles. The van der Waals surface area contributed by atoms with Crippen molar-refractivity contribution in [2.24, 2.45) is 23.7 Å². The number of pyridine rings is 1. The van der Waals surface area contributed by atoms with E-state index >= 15 is 0 Å². The number of carbonyl (C=O) groups excluding carboxylic acids is 1. The van der Waals surface area contributed by atoms with Gasteiger partial charge in [0.1, 0.15) is 0 Å². The Balaban J connectivity index is 1.15. The predicted octanol–water partition coefficient (Wildman–Crippen LogP) is 3.78. The van der Waals surface area contributed by atoms with E-state index in [1.807, 2.05) is 13.0 Å². The van der Waals surface area contributed by atoms with Crippen LogP contribution in [0.5, 0.6) is 5.88 Å². The lowest BCUT2D eigenvalue weighted by Crippen LogP contribution is -2.61. The van der Waals surface area contributed by atoms with E-state index in [0.717, 1.165) is 61.7 Å². The van der Waals surface area contributed by atoms with Crippen LogP contribution in [-0.2, 0) is 11.3 Å². The van der Waals surface area contributed by atoms with Gasteiger partial charge < -0.3 is 10.1 Å². The number of aromatic nitrogens is 1. The summed E-state index contributed by atoms with van der Waals surface area (Å²) in [5.74, 6) is 3.89. The summed E-state index contributed by atoms with van der Waals surface area (Å²) in [5, 5.41) is 3.60. The van der Waals surface area contributed by atoms with Crippen LogP contribution in [0.15, 0.2) is 18.3 Å². The molecular formula is C24H35N3O2. The van der Waals surface area contributed by atoms with Gasteiger partial charge in [-0.1, -0.05) is 6.07 Å². The number of ether oxygens (including phenoxy) is 1. The molecular weight excluding hydrogens is 362 g/mol. The summed E-state index contributed by atoms with van der Waals surface area (Å²) < 4.78 is 5.67. The van der Waals surface area contributed by atoms with Crippen molar-refractivity contribution in [3.63, 3.8) is 0 Å². The van der Waals surface area contributed by atoms with E-state index in [4.69, 9.17) is 4.74 Å². The molecule has 5 aliphatic rings. The smallest absolute Gasteiger partial charge is 0.223 e. The van der Waals surface area contributed by atoms with Crippen molar-refractivity contribution in [1.82, 2.24) is 15.2 Å². The maximum Gasteiger partial charge on any atom is 0.223 e. The minimum Gasteiger partial charge on any atom is -0.478 e. The van der Waals surface area contributed by atoms with Crippen molar-refractivity contribution in [3.05, 3.63) is 23.9 Å². The molecule has 29 heavy (non-hydrogen) atoms. The lowest BCUT2D eigenvalue weighted by Gasteiger charge is -2.57. The number of rotatable bonds is 6. The topological polar surface area (TPSA) is 54.5 Å². The van der Waals surface area contributed by atoms with Crippen LogP contribution in [0.1, 0.15) is 63.9 Å². The second kappa shape index (κ2) is 7.90. The van der Waals surface area contributed by atoms with E-state index in [2.05, 4.69) is 21.3 Å². The van der Waals surface area contributed by atoms with Crippen LogP contribution in [0.2, 0.25) is 0 Å². The molecule has 5 nitrogen and oxygen atoms in total. The van der Waals surface area contributed by atoms with E-state index in [9.17, 15) is 4.79 Å². The first-order chi connectivity index (χ1) is 14.1. The molecule has 0 atom stereocenters. The van der Waals surface area contributed by atoms with Crippen molar-refractivity contribution in [1.29, 1.82) is 0 Å². The van der Waals surface area contributed by atoms with Gasteiger partial charge in [-0.15, -0.1) is 0 Å². The predicted molar refractivity (Wildman–Crippen MR) is 112 cm³/mol. The van der Waals surface area contributed by atoms with E-state index in [-0.39, 0.29) is 11.5 Å². The van der Waals surface area contributed by atoms with Gasteiger partial charge in [0.2, 0.25) is 11.8 Å². The number of nitrogens with one attached hydrogen (secondary N) is 1. The zero-order chi connectivity index (χ0) is 19.8. The highest BCUT2D eigenvalue weighted by Gasteiger charge is 2.51. The van der Waals surface area contributed by atoms with Crippen LogP contribution in [-0.4, -0.2) is 41.0 Å². The molecule has 0 unspecified atom stereocenters. The maximum atomic E-state index is 13.1. The Kier molecular flexibility index (Phi) is 5.27. The molecule has 1 aliphatic heterocycles. The number of hydrogen-bond acceptors (Lipinski definition) is 4. The Morgan fingerprint density at radius 3 is 2.45 bits per heavy atom. The van der Waals surface area contributed by atoms with E-state index < -0.39 is 0 Å². The molecule has 1 saturated heterocycles. The highest BCUT2D eigenvalue weighted by atomic mass is 16.5. The third-order valence-corrected chi connectivity index (χ3v) is 7.91. The first kappa shape index (κ1) is 19.3. The van der Waals surface area contributed by atoms with Crippen LogP contribution in [0.4, 0.5) is 0 Å². The van der Waals surface area contributed by atoms with Crippen LogP contribution in [0.3, 0.4) is 0 Å². The number of hydrogen-bond donors (Lipinski definition) is 1. The molecule has 4 saturated carbocycles. The van der Waals surface area contributed by atoms with Crippen molar-refractivity contribution in [2.45, 2.75) is 70.4 Å². The third kappa shape index (κ3) is 4.03. The third-order valence-electron chi connectivity index (χ3n) is 7.91. The monoisotopic (exact) mass is 397 g/mol. The molecule has 4 aliphatic carbocycles. The van der Waals surface area contributed by atoms with E-state index in [1.54, 1.807) is 6.20 Å². The van der Waals surface area contributed by atoms with Crippen LogP contribution >= 0.6 is 0 Å². The summed E-state index contributed by atoms with van der Waals surface area (Å²) >= 11 is 0. The number of nitrogens with zero attached hydrogens (tertiary/aromatic N) is 2. The molecule has 0 radical (unpaired) electrons. The average Bonchev–Trinajstić information content (AvgIpc) is 2.69. The van der Waals surface area contributed by atoms with Crippen molar-refractivity contribution in [2.75, 3.05) is 19.7 Å². The lowest BCUT2D eigenvalue weighted by atomic mass is 9.53. The standard InChI is InChI=1S/C24H35N3O2/c1-2-29-23-21(4-3-7-25-23)16-27-8-5-20(6-9-27)22(28)26-24-13-17-10-18(14-24)12-19(11-17)15-24/h3-4,7,17-20H,2,5-6,8-16H2,1H3,(H,26,28). The second-order valence-corrected chi connectivity index (χ2v) is 10.1. The molecule has 158 valence electrons. The molecule has 1 aromatic heterocycles. The van der Waals surface area contributed by atoms with Gasteiger partial charge >= 0.3 is 0 Å². The summed E-state index contributed by atoms with van der Waals surface area (Å²) in [6.45, 7) is 5.42. The molecule has 0 spiro atoms. The number of carbonyl (C=O) groups is 1. The van der Waals surface area contributed by atoms with Crippen LogP contribution in [0.25, 0.3) is 0 Å². The Hall–Kier alpha value is -1.62. The minimum absolute atomic E-state index is 0.144. The number of piperidine rings is 1. The Morgan fingerprint density at radius 1 is 1.17 bits per heavy atom. The quantitative estimate of drug-likeness (QED) is 0.794. The Morgan fingerprint density at radius 2 is 1.83 bits per heavy atom. The zero-order valence-corrected chi connectivity index (χ0v) is 17.7. The van der Waals surface area contributed by atoms with Gasteiger partial charge in [-0.2, -0.15) is 0 Å². The van der Waals surface area contributed by atoms with Crippen LogP contribution in [0, 0.1) is 23.7 Å². The largest absolute Gasteiger partial charge is 0.478 e. The summed E-state index contributed by atoms with van der Waals surface area (Å²) in [6.07, 6.45) is 11.7. The fraction of sp³-hybridized carbons (Fsp3) is 0.750. The first-order valence-electron chi connectivity index (χ1n) is 11.7. The summed E-state index contributed by atoms with van der Waals surface area (Å²) in [5.41, 5.74) is 1.29. The lowest BCUT2D eigenvalue weighted by molar-refractivity contribution is -0.132. The summed E-state index contributed by atoms with van der Waals surface area (Å²) in [7, 11) is 0. The molecule has 1 aromatic rings. The number of likely N-dealkylation sites (tertiary alicyclic amines) is 1. The molecule has 6 rings (SSSR count). The Labute approximate surface area is 174 Å². The first-order valence-corrected chi connectivity index (χ1v) is 11.7. The fourth-order valence-corrected chi connectivity index (χ4v) is 7.03. The van der Waals surface area contributed by atoms with Crippen molar-refractivity contribution < 1.29 is 9.53 Å². The van der Waals surface area contributed by atoms with Crippen LogP contribution < -0.4 is 10.1 Å². The van der Waals surface area contributed by atoms with Gasteiger partial charge in [0.25, 0.3) is 0 Å². The van der Waals surface area contributed by atoms with Gasteiger partial charge in [0, 0.05) is 29.8 Å². The van der Waals surface area contributed by atoms with Gasteiger partial charge in [-0.3, -0.25) is 9.69 Å². The SMILES string of the molecule is CCOc1ncccc1CN1CCC(C(=O)NC23CC4CC(CC(C4)C2)C3)CC1. The van der Waals surface area contributed by atoms with E-state index in [1.165, 1.54) is 38.5 Å². The van der Waals surface area contributed by atoms with Crippen molar-refractivity contribution >= 4 is 5.91 Å². The fourth-order valence-electron chi connectivity index (χ4n) is 7.03. The number of amides is 1. The summed E-state index contributed by atoms with van der Waals surface area (Å²) in [6, 6.07) is 4.08. The molecule has 2 heterocycles. The zero-order valence-electron chi connectivity index (χ0n) is 17.7. The van der Waals surface area contributed by atoms with Gasteiger partial charge in [-0.25, -0.2) is 4.98 Å². The molecule has 5 fully saturated rings. The highest BCUT2D eigenvalue weighted by Crippen LogP contribution is 2.55. The average molecular weight is 398 g/mol. The molecule has 1 amide bonds. The maximum absolute atomic E-state index is 13.1.